The van der Waals surface area contributed by atoms with Gasteiger partial charge in [-0.2, -0.15) is 0 Å². The lowest BCUT2D eigenvalue weighted by molar-refractivity contribution is 0.279. The molecular formula is C9H15ClN2O. The van der Waals surface area contributed by atoms with Gasteiger partial charge in [0.25, 0.3) is 0 Å². The number of pyridine rings is 1. The van der Waals surface area contributed by atoms with E-state index in [1.165, 1.54) is 0 Å². The van der Waals surface area contributed by atoms with Crippen molar-refractivity contribution in [3.63, 3.8) is 0 Å². The molecule has 1 aromatic rings. The van der Waals surface area contributed by atoms with Crippen molar-refractivity contribution in [1.29, 1.82) is 0 Å². The van der Waals surface area contributed by atoms with Crippen molar-refractivity contribution in [3.8, 4) is 0 Å². The maximum atomic E-state index is 8.59. The highest BCUT2D eigenvalue weighted by atomic mass is 35.5. The Labute approximate surface area is 84.4 Å². The maximum absolute atomic E-state index is 8.59. The minimum atomic E-state index is -0.0432. The van der Waals surface area contributed by atoms with Crippen molar-refractivity contribution in [3.05, 3.63) is 30.1 Å². The van der Waals surface area contributed by atoms with Crippen molar-refractivity contribution in [1.82, 2.24) is 4.98 Å². The number of hydrogen-bond acceptors (Lipinski definition) is 3. The van der Waals surface area contributed by atoms with E-state index in [1.807, 2.05) is 18.2 Å². The molecule has 0 aliphatic heterocycles. The smallest absolute Gasteiger partial charge is 0.0570 e. The molecule has 1 heterocycles. The first kappa shape index (κ1) is 12.4. The normalized spacial score (nSPS) is 11.8. The Morgan fingerprint density at radius 2 is 2.23 bits per heavy atom. The average molecular weight is 203 g/mol. The fraction of sp³-hybridized carbons (Fsp3) is 0.444. The Kier molecular flexibility index (Phi) is 6.49. The zero-order valence-electron chi connectivity index (χ0n) is 7.39. The summed E-state index contributed by atoms with van der Waals surface area (Å²) in [6.45, 7) is 0.195. The molecule has 0 unspecified atom stereocenters. The highest BCUT2D eigenvalue weighted by Crippen LogP contribution is 2.11. The van der Waals surface area contributed by atoms with E-state index < -0.39 is 0 Å². The van der Waals surface area contributed by atoms with E-state index in [-0.39, 0.29) is 25.1 Å². The molecule has 3 N–H and O–H groups in total. The first-order valence-electron chi connectivity index (χ1n) is 4.12. The Bertz CT molecular complexity index is 218. The zero-order valence-corrected chi connectivity index (χ0v) is 8.20. The van der Waals surface area contributed by atoms with Crippen LogP contribution in [-0.4, -0.2) is 16.7 Å². The van der Waals surface area contributed by atoms with Gasteiger partial charge >= 0.3 is 0 Å². The molecule has 0 saturated carbocycles. The number of hydrogen-bond donors (Lipinski definition) is 2. The van der Waals surface area contributed by atoms with Crippen molar-refractivity contribution in [2.75, 3.05) is 6.61 Å². The van der Waals surface area contributed by atoms with Crippen LogP contribution >= 0.6 is 12.4 Å². The van der Waals surface area contributed by atoms with Gasteiger partial charge in [0, 0.05) is 18.8 Å². The van der Waals surface area contributed by atoms with Gasteiger partial charge in [0.1, 0.15) is 0 Å². The molecule has 0 aliphatic rings. The zero-order chi connectivity index (χ0) is 8.81. The molecule has 0 amide bonds. The second kappa shape index (κ2) is 6.83. The Morgan fingerprint density at radius 3 is 2.77 bits per heavy atom. The molecule has 1 aromatic heterocycles. The minimum absolute atomic E-state index is 0. The molecule has 13 heavy (non-hydrogen) atoms. The minimum Gasteiger partial charge on any atom is -0.396 e. The summed E-state index contributed by atoms with van der Waals surface area (Å²) >= 11 is 0. The third kappa shape index (κ3) is 4.22. The van der Waals surface area contributed by atoms with Crippen LogP contribution in [0.4, 0.5) is 0 Å². The van der Waals surface area contributed by atoms with Crippen LogP contribution in [0, 0.1) is 0 Å². The molecule has 1 atom stereocenters. The van der Waals surface area contributed by atoms with Crippen molar-refractivity contribution in [2.24, 2.45) is 5.73 Å². The fourth-order valence-electron chi connectivity index (χ4n) is 1.05. The van der Waals surface area contributed by atoms with Crippen molar-refractivity contribution in [2.45, 2.75) is 18.9 Å². The van der Waals surface area contributed by atoms with Crippen LogP contribution in [0.1, 0.15) is 24.6 Å². The highest BCUT2D eigenvalue weighted by molar-refractivity contribution is 5.85. The lowest BCUT2D eigenvalue weighted by Crippen LogP contribution is -2.12. The van der Waals surface area contributed by atoms with Crippen LogP contribution in [0.2, 0.25) is 0 Å². The van der Waals surface area contributed by atoms with Crippen LogP contribution in [0.25, 0.3) is 0 Å². The van der Waals surface area contributed by atoms with Gasteiger partial charge in [0.05, 0.1) is 5.69 Å². The summed E-state index contributed by atoms with van der Waals surface area (Å²) in [7, 11) is 0. The third-order valence-corrected chi connectivity index (χ3v) is 1.74. The molecule has 4 heteroatoms. The Hall–Kier alpha value is -0.640. The predicted octanol–water partition coefficient (Wildman–Crippen LogP) is 1.28. The van der Waals surface area contributed by atoms with Gasteiger partial charge in [-0.1, -0.05) is 6.07 Å². The van der Waals surface area contributed by atoms with Crippen LogP contribution in [0.15, 0.2) is 24.4 Å². The number of nitrogens with zero attached hydrogens (tertiary/aromatic N) is 1. The van der Waals surface area contributed by atoms with E-state index in [9.17, 15) is 0 Å². The number of aromatic nitrogens is 1. The Morgan fingerprint density at radius 1 is 1.46 bits per heavy atom. The molecule has 0 radical (unpaired) electrons. The summed E-state index contributed by atoms with van der Waals surface area (Å²) in [4.78, 5) is 4.12. The number of aliphatic hydroxyl groups excluding tert-OH is 1. The van der Waals surface area contributed by atoms with Crippen LogP contribution in [0.5, 0.6) is 0 Å². The number of halogens is 1. The molecule has 0 spiro atoms. The van der Waals surface area contributed by atoms with E-state index in [0.717, 1.165) is 18.5 Å². The standard InChI is InChI=1S/C9H14N2O.ClH/c10-8(4-3-7-12)9-5-1-2-6-11-9;/h1-2,5-6,8,12H,3-4,7,10H2;1H/t8-;/m1./s1. The predicted molar refractivity (Wildman–Crippen MR) is 54.7 cm³/mol. The molecule has 0 fully saturated rings. The second-order valence-electron chi connectivity index (χ2n) is 2.73. The fourth-order valence-corrected chi connectivity index (χ4v) is 1.05. The van der Waals surface area contributed by atoms with E-state index >= 15 is 0 Å². The maximum Gasteiger partial charge on any atom is 0.0570 e. The molecule has 1 rings (SSSR count). The second-order valence-corrected chi connectivity index (χ2v) is 2.73. The SMILES string of the molecule is Cl.N[C@H](CCCO)c1ccccn1. The van der Waals surface area contributed by atoms with E-state index in [0.29, 0.717) is 0 Å². The summed E-state index contributed by atoms with van der Waals surface area (Å²) in [5.74, 6) is 0. The van der Waals surface area contributed by atoms with E-state index in [1.54, 1.807) is 6.20 Å². The first-order valence-corrected chi connectivity index (χ1v) is 4.12. The van der Waals surface area contributed by atoms with Gasteiger partial charge in [-0.25, -0.2) is 0 Å². The topological polar surface area (TPSA) is 59.1 Å². The summed E-state index contributed by atoms with van der Waals surface area (Å²) in [6, 6.07) is 5.64. The average Bonchev–Trinajstić information content (AvgIpc) is 2.15. The van der Waals surface area contributed by atoms with Crippen molar-refractivity contribution < 1.29 is 5.11 Å². The number of rotatable bonds is 4. The highest BCUT2D eigenvalue weighted by Gasteiger charge is 2.04. The van der Waals surface area contributed by atoms with E-state index in [2.05, 4.69) is 4.98 Å². The summed E-state index contributed by atoms with van der Waals surface area (Å²) < 4.78 is 0. The van der Waals surface area contributed by atoms with Gasteiger partial charge in [0.15, 0.2) is 0 Å². The molecule has 0 aromatic carbocycles. The third-order valence-electron chi connectivity index (χ3n) is 1.74. The van der Waals surface area contributed by atoms with Crippen LogP contribution < -0.4 is 5.73 Å². The molecule has 74 valence electrons. The molecule has 3 nitrogen and oxygen atoms in total. The molecule has 0 saturated heterocycles. The first-order chi connectivity index (χ1) is 5.84. The van der Waals surface area contributed by atoms with Gasteiger partial charge in [-0.05, 0) is 25.0 Å². The van der Waals surface area contributed by atoms with Crippen molar-refractivity contribution >= 4 is 12.4 Å². The van der Waals surface area contributed by atoms with E-state index in [4.69, 9.17) is 10.8 Å². The Balaban J connectivity index is 0.00000144. The van der Waals surface area contributed by atoms with Crippen LogP contribution in [0.3, 0.4) is 0 Å². The summed E-state index contributed by atoms with van der Waals surface area (Å²) in [5, 5.41) is 8.59. The van der Waals surface area contributed by atoms with Gasteiger partial charge in [-0.15, -0.1) is 12.4 Å². The van der Waals surface area contributed by atoms with Gasteiger partial charge in [-0.3, -0.25) is 4.98 Å². The molecule has 0 bridgehead atoms. The number of nitrogens with two attached hydrogens (primary N) is 1. The van der Waals surface area contributed by atoms with Gasteiger partial charge < -0.3 is 10.8 Å². The summed E-state index contributed by atoms with van der Waals surface area (Å²) in [6.07, 6.45) is 3.25. The van der Waals surface area contributed by atoms with Gasteiger partial charge in [0.2, 0.25) is 0 Å². The lowest BCUT2D eigenvalue weighted by Gasteiger charge is -2.08. The quantitative estimate of drug-likeness (QED) is 0.773. The molecular weight excluding hydrogens is 188 g/mol. The van der Waals surface area contributed by atoms with Crippen LogP contribution in [-0.2, 0) is 0 Å². The summed E-state index contributed by atoms with van der Waals surface area (Å²) in [5.41, 5.74) is 6.70. The lowest BCUT2D eigenvalue weighted by atomic mass is 10.1. The monoisotopic (exact) mass is 202 g/mol. The largest absolute Gasteiger partial charge is 0.396 e. The number of aliphatic hydroxyl groups is 1. The molecule has 0 aliphatic carbocycles.